The molecule has 20 heavy (non-hydrogen) atoms. The maximum absolute atomic E-state index is 4.76. The van der Waals surface area contributed by atoms with Crippen LogP contribution in [0.2, 0.25) is 0 Å². The summed E-state index contributed by atoms with van der Waals surface area (Å²) in [6.07, 6.45) is 1.15. The molecule has 1 atom stereocenters. The molecule has 0 amide bonds. The van der Waals surface area contributed by atoms with Crippen molar-refractivity contribution in [1.29, 1.82) is 0 Å². The third-order valence-electron chi connectivity index (χ3n) is 3.71. The number of para-hydroxylation sites is 2. The summed E-state index contributed by atoms with van der Waals surface area (Å²) < 4.78 is 0. The Bertz CT molecular complexity index is 583. The fourth-order valence-corrected chi connectivity index (χ4v) is 2.55. The number of aromatic nitrogens is 2. The number of likely N-dealkylation sites (N-methyl/N-ethyl adjacent to an activating group) is 1. The predicted octanol–water partition coefficient (Wildman–Crippen LogP) is 1.89. The Morgan fingerprint density at radius 3 is 2.55 bits per heavy atom. The average Bonchev–Trinajstić information content (AvgIpc) is 2.99. The highest BCUT2D eigenvalue weighted by molar-refractivity contribution is 5.85. The van der Waals surface area contributed by atoms with Crippen LogP contribution in [-0.2, 0) is 0 Å². The van der Waals surface area contributed by atoms with E-state index >= 15 is 0 Å². The Kier molecular flexibility index (Phi) is 4.62. The highest BCUT2D eigenvalue weighted by Gasteiger charge is 2.23. The molecule has 0 unspecified atom stereocenters. The first kappa shape index (κ1) is 14.8. The number of nitrogens with zero attached hydrogens (tertiary/aromatic N) is 3. The Morgan fingerprint density at radius 1 is 1.25 bits per heavy atom. The van der Waals surface area contributed by atoms with Crippen molar-refractivity contribution in [3.05, 3.63) is 24.3 Å². The van der Waals surface area contributed by atoms with Crippen LogP contribution in [0, 0.1) is 0 Å². The molecule has 2 heterocycles. The van der Waals surface area contributed by atoms with Crippen molar-refractivity contribution in [2.45, 2.75) is 12.5 Å². The lowest BCUT2D eigenvalue weighted by atomic mass is 10.2. The topological polar surface area (TPSA) is 53.1 Å². The molecule has 6 heteroatoms. The van der Waals surface area contributed by atoms with E-state index in [2.05, 4.69) is 27.6 Å². The van der Waals surface area contributed by atoms with E-state index in [9.17, 15) is 0 Å². The summed E-state index contributed by atoms with van der Waals surface area (Å²) in [5.41, 5.74) is 1.86. The minimum atomic E-state index is 0. The first-order valence-corrected chi connectivity index (χ1v) is 6.67. The molecule has 0 saturated carbocycles. The van der Waals surface area contributed by atoms with Crippen LogP contribution in [0.5, 0.6) is 0 Å². The zero-order valence-corrected chi connectivity index (χ0v) is 12.6. The van der Waals surface area contributed by atoms with Gasteiger partial charge in [0.05, 0.1) is 11.0 Å². The molecular formula is C14H20ClN5. The van der Waals surface area contributed by atoms with Crippen LogP contribution >= 0.6 is 12.4 Å². The monoisotopic (exact) mass is 293 g/mol. The molecule has 1 aromatic heterocycles. The molecule has 0 bridgehead atoms. The van der Waals surface area contributed by atoms with Gasteiger partial charge >= 0.3 is 0 Å². The predicted molar refractivity (Wildman–Crippen MR) is 86.0 cm³/mol. The van der Waals surface area contributed by atoms with Gasteiger partial charge in [-0.15, -0.1) is 12.4 Å². The fraction of sp³-hybridized carbons (Fsp3) is 0.429. The molecule has 0 spiro atoms. The van der Waals surface area contributed by atoms with E-state index in [1.165, 1.54) is 0 Å². The number of hydrogen-bond acceptors (Lipinski definition) is 5. The lowest BCUT2D eigenvalue weighted by Crippen LogP contribution is -2.34. The van der Waals surface area contributed by atoms with Crippen LogP contribution in [0.1, 0.15) is 6.42 Å². The average molecular weight is 294 g/mol. The van der Waals surface area contributed by atoms with Gasteiger partial charge in [0.15, 0.2) is 11.6 Å². The van der Waals surface area contributed by atoms with E-state index in [-0.39, 0.29) is 12.4 Å². The van der Waals surface area contributed by atoms with Gasteiger partial charge in [-0.05, 0) is 25.1 Å². The highest BCUT2D eigenvalue weighted by atomic mass is 35.5. The molecule has 1 aliphatic heterocycles. The van der Waals surface area contributed by atoms with Crippen LogP contribution in [0.25, 0.3) is 11.0 Å². The summed E-state index contributed by atoms with van der Waals surface area (Å²) in [7, 11) is 3.99. The fourth-order valence-electron chi connectivity index (χ4n) is 2.55. The van der Waals surface area contributed by atoms with E-state index in [0.29, 0.717) is 6.04 Å². The summed E-state index contributed by atoms with van der Waals surface area (Å²) >= 11 is 0. The standard InChI is InChI=1S/C14H19N5.ClH/c1-15-13-14(19(2)10-7-8-16-9-10)18-12-6-4-3-5-11(12)17-13;/h3-6,10,16H,7-9H2,1-2H3,(H,15,17);1H/t10-;/m0./s1. The third-order valence-corrected chi connectivity index (χ3v) is 3.71. The van der Waals surface area contributed by atoms with Gasteiger partial charge in [0.1, 0.15) is 0 Å². The molecule has 0 radical (unpaired) electrons. The summed E-state index contributed by atoms with van der Waals surface area (Å²) in [5, 5.41) is 6.54. The van der Waals surface area contributed by atoms with Gasteiger partial charge in [-0.25, -0.2) is 9.97 Å². The Balaban J connectivity index is 0.00000147. The first-order chi connectivity index (χ1) is 9.29. The van der Waals surface area contributed by atoms with E-state index in [4.69, 9.17) is 4.98 Å². The second kappa shape index (κ2) is 6.24. The van der Waals surface area contributed by atoms with Gasteiger partial charge in [-0.2, -0.15) is 0 Å². The number of benzene rings is 1. The van der Waals surface area contributed by atoms with Gasteiger partial charge in [0.25, 0.3) is 0 Å². The molecule has 2 N–H and O–H groups in total. The zero-order chi connectivity index (χ0) is 13.2. The number of rotatable bonds is 3. The van der Waals surface area contributed by atoms with Gasteiger partial charge in [-0.3, -0.25) is 0 Å². The number of nitrogens with one attached hydrogen (secondary N) is 2. The van der Waals surface area contributed by atoms with Crippen LogP contribution in [-0.4, -0.2) is 43.2 Å². The van der Waals surface area contributed by atoms with Crippen LogP contribution in [0.3, 0.4) is 0 Å². The van der Waals surface area contributed by atoms with Crippen LogP contribution in [0.4, 0.5) is 11.6 Å². The normalized spacial score (nSPS) is 17.8. The number of fused-ring (bicyclic) bond motifs is 1. The molecule has 1 aliphatic rings. The summed E-state index contributed by atoms with van der Waals surface area (Å²) in [6.45, 7) is 2.08. The van der Waals surface area contributed by atoms with E-state index < -0.39 is 0 Å². The van der Waals surface area contributed by atoms with Gasteiger partial charge in [0, 0.05) is 26.7 Å². The Labute approximate surface area is 125 Å². The smallest absolute Gasteiger partial charge is 0.172 e. The number of hydrogen-bond donors (Lipinski definition) is 2. The highest BCUT2D eigenvalue weighted by Crippen LogP contribution is 2.26. The van der Waals surface area contributed by atoms with Crippen molar-refractivity contribution in [2.24, 2.45) is 0 Å². The molecular weight excluding hydrogens is 274 g/mol. The quantitative estimate of drug-likeness (QED) is 0.905. The maximum Gasteiger partial charge on any atom is 0.172 e. The van der Waals surface area contributed by atoms with E-state index in [0.717, 1.165) is 42.2 Å². The molecule has 2 aromatic rings. The summed E-state index contributed by atoms with van der Waals surface area (Å²) in [6, 6.07) is 8.47. The van der Waals surface area contributed by atoms with Crippen LogP contribution < -0.4 is 15.5 Å². The molecule has 3 rings (SSSR count). The van der Waals surface area contributed by atoms with Crippen LogP contribution in [0.15, 0.2) is 24.3 Å². The number of anilines is 2. The van der Waals surface area contributed by atoms with Crippen molar-refractivity contribution in [3.63, 3.8) is 0 Å². The van der Waals surface area contributed by atoms with Crippen molar-refractivity contribution < 1.29 is 0 Å². The van der Waals surface area contributed by atoms with E-state index in [1.807, 2.05) is 31.3 Å². The minimum absolute atomic E-state index is 0. The molecule has 1 fully saturated rings. The van der Waals surface area contributed by atoms with E-state index in [1.54, 1.807) is 0 Å². The molecule has 5 nitrogen and oxygen atoms in total. The molecule has 1 aromatic carbocycles. The van der Waals surface area contributed by atoms with Crippen molar-refractivity contribution in [2.75, 3.05) is 37.4 Å². The molecule has 1 saturated heterocycles. The minimum Gasteiger partial charge on any atom is -0.370 e. The SMILES string of the molecule is CNc1nc2ccccc2nc1N(C)[C@H]1CCNC1.Cl. The second-order valence-corrected chi connectivity index (χ2v) is 4.89. The van der Waals surface area contributed by atoms with Gasteiger partial charge in [0.2, 0.25) is 0 Å². The molecule has 108 valence electrons. The van der Waals surface area contributed by atoms with Crippen molar-refractivity contribution in [1.82, 2.24) is 15.3 Å². The van der Waals surface area contributed by atoms with Crippen molar-refractivity contribution >= 4 is 35.1 Å². The first-order valence-electron chi connectivity index (χ1n) is 6.67. The third kappa shape index (κ3) is 2.64. The summed E-state index contributed by atoms with van der Waals surface area (Å²) in [5.74, 6) is 1.77. The second-order valence-electron chi connectivity index (χ2n) is 4.89. The zero-order valence-electron chi connectivity index (χ0n) is 11.8. The Hall–Kier alpha value is -1.59. The van der Waals surface area contributed by atoms with Crippen molar-refractivity contribution in [3.8, 4) is 0 Å². The van der Waals surface area contributed by atoms with Gasteiger partial charge < -0.3 is 15.5 Å². The van der Waals surface area contributed by atoms with Gasteiger partial charge in [-0.1, -0.05) is 12.1 Å². The molecule has 0 aliphatic carbocycles. The number of halogens is 1. The summed E-state index contributed by atoms with van der Waals surface area (Å²) in [4.78, 5) is 11.6. The maximum atomic E-state index is 4.76. The Morgan fingerprint density at radius 2 is 1.95 bits per heavy atom. The largest absolute Gasteiger partial charge is 0.370 e. The lowest BCUT2D eigenvalue weighted by Gasteiger charge is -2.26. The lowest BCUT2D eigenvalue weighted by molar-refractivity contribution is 0.678.